The Balaban J connectivity index is -0.0000000334. The highest BCUT2D eigenvalue weighted by atomic mass is 16.4. The number of carboxylic acid groups (broad SMARTS) is 2. The predicted octanol–water partition coefficient (Wildman–Crippen LogP) is -8.36. The number of carbonyl (C=O) groups is 2. The second-order valence-corrected chi connectivity index (χ2v) is 3.47. The van der Waals surface area contributed by atoms with Crippen LogP contribution in [0.25, 0.3) is 11.4 Å². The third kappa shape index (κ3) is 16.9. The van der Waals surface area contributed by atoms with E-state index < -0.39 is 11.9 Å². The Morgan fingerprint density at radius 2 is 0.733 bits per heavy atom. The van der Waals surface area contributed by atoms with Gasteiger partial charge in [-0.25, -0.2) is 9.59 Å². The minimum Gasteiger partial charge on any atom is -0.478 e. The molecule has 0 saturated carbocycles. The maximum Gasteiger partial charge on any atom is 0.337 e. The summed E-state index contributed by atoms with van der Waals surface area (Å²) >= 11 is 0. The largest absolute Gasteiger partial charge is 0.478 e. The Kier molecular flexibility index (Phi) is 72.7. The van der Waals surface area contributed by atoms with Gasteiger partial charge in [0.2, 0.25) is 0 Å². The third-order valence-corrected chi connectivity index (χ3v) is 2.28. The summed E-state index contributed by atoms with van der Waals surface area (Å²) in [6.07, 6.45) is 2.45. The maximum absolute atomic E-state index is 10.6. The van der Waals surface area contributed by atoms with E-state index in [4.69, 9.17) is 10.2 Å². The molecule has 2 rings (SSSR count). The van der Waals surface area contributed by atoms with Gasteiger partial charge in [0.25, 0.3) is 0 Å². The maximum atomic E-state index is 10.6. The van der Waals surface area contributed by atoms with E-state index in [1.54, 1.807) is 0 Å². The zero-order valence-corrected chi connectivity index (χ0v) is 15.1. The van der Waals surface area contributed by atoms with Gasteiger partial charge in [-0.15, -0.1) is 0 Å². The number of hydrogen-bond donors (Lipinski definition) is 2. The molecule has 0 unspecified atom stereocenters. The van der Waals surface area contributed by atoms with Crippen molar-refractivity contribution < 1.29 is 85.5 Å². The fourth-order valence-corrected chi connectivity index (χ4v) is 1.34. The van der Waals surface area contributed by atoms with Crippen molar-refractivity contribution in [3.05, 3.63) is 47.8 Å². The summed E-state index contributed by atoms with van der Waals surface area (Å²) in [5.74, 6) is -2.11. The Bertz CT molecular complexity index is 551. The van der Waals surface area contributed by atoms with Crippen molar-refractivity contribution in [1.82, 2.24) is 9.97 Å². The molecule has 2 heterocycles. The van der Waals surface area contributed by atoms with Gasteiger partial charge in [-0.05, 0) is 24.3 Å². The van der Waals surface area contributed by atoms with Gasteiger partial charge in [-0.2, -0.15) is 0 Å². The lowest BCUT2D eigenvalue weighted by molar-refractivity contribution is 0.0685. The third-order valence-electron chi connectivity index (χ3n) is 2.28. The first-order chi connectivity index (χ1) is 8.58. The van der Waals surface area contributed by atoms with E-state index in [0.29, 0.717) is 11.4 Å². The molecule has 2 aromatic rings. The average molecular weight is 460 g/mol. The second kappa shape index (κ2) is 30.5. The highest BCUT2D eigenvalue weighted by Crippen LogP contribution is 2.14. The quantitative estimate of drug-likeness (QED) is 0.447. The van der Waals surface area contributed by atoms with Crippen molar-refractivity contribution in [3.63, 3.8) is 0 Å². The minimum atomic E-state index is -1.05. The molecule has 0 aliphatic rings. The smallest absolute Gasteiger partial charge is 0.337 e. The van der Waals surface area contributed by atoms with E-state index in [1.165, 1.54) is 36.7 Å². The number of pyridine rings is 2. The van der Waals surface area contributed by atoms with E-state index in [2.05, 4.69) is 9.97 Å². The van der Waals surface area contributed by atoms with Gasteiger partial charge in [-0.3, -0.25) is 9.97 Å². The molecule has 18 nitrogen and oxygen atoms in total. The van der Waals surface area contributed by atoms with Crippen LogP contribution in [0.15, 0.2) is 36.7 Å². The van der Waals surface area contributed by atoms with Crippen molar-refractivity contribution in [3.8, 4) is 11.4 Å². The molecule has 0 spiro atoms. The summed E-state index contributed by atoms with van der Waals surface area (Å²) in [6, 6.07) is 5.87. The Labute approximate surface area is 167 Å². The lowest BCUT2D eigenvalue weighted by atomic mass is 10.2. The molecule has 0 radical (unpaired) electrons. The topological polar surface area (TPSA) is 478 Å². The van der Waals surface area contributed by atoms with Gasteiger partial charge in [0.1, 0.15) is 0 Å². The number of rotatable bonds is 3. The van der Waals surface area contributed by atoms with Crippen LogP contribution >= 0.6 is 0 Å². The molecule has 2 aromatic heterocycles. The standard InChI is InChI=1S/C12H8N2O4.12H2O/c15-11(16)7-1-3-9(13-5-7)10-4-2-8(6-14-10)12(17)18;;;;;;;;;;;;/h1-6H,(H,15,16)(H,17,18);12*1H2. The molecule has 0 atom stereocenters. The Morgan fingerprint density at radius 1 is 0.500 bits per heavy atom. The van der Waals surface area contributed by atoms with Gasteiger partial charge < -0.3 is 75.9 Å². The van der Waals surface area contributed by atoms with Crippen LogP contribution in [0.1, 0.15) is 20.7 Å². The predicted molar refractivity (Wildman–Crippen MR) is 105 cm³/mol. The first kappa shape index (κ1) is 71.5. The Hall–Kier alpha value is -3.24. The molecule has 30 heavy (non-hydrogen) atoms. The number of aromatic nitrogens is 2. The zero-order valence-electron chi connectivity index (χ0n) is 15.1. The molecule has 0 aromatic carbocycles. The van der Waals surface area contributed by atoms with E-state index in [-0.39, 0.29) is 76.8 Å². The highest BCUT2D eigenvalue weighted by molar-refractivity contribution is 5.88. The number of carboxylic acids is 2. The molecule has 26 N–H and O–H groups in total. The van der Waals surface area contributed by atoms with Crippen LogP contribution in [0.2, 0.25) is 0 Å². The molecular weight excluding hydrogens is 428 g/mol. The molecule has 0 saturated heterocycles. The molecule has 0 amide bonds. The molecule has 0 fully saturated rings. The summed E-state index contributed by atoms with van der Waals surface area (Å²) in [7, 11) is 0. The van der Waals surface area contributed by atoms with Crippen LogP contribution < -0.4 is 0 Å². The number of aromatic carboxylic acids is 2. The normalized spacial score (nSPS) is 6.00. The summed E-state index contributed by atoms with van der Waals surface area (Å²) in [5.41, 5.74) is 1.13. The highest BCUT2D eigenvalue weighted by Gasteiger charge is 2.07. The van der Waals surface area contributed by atoms with Gasteiger partial charge in [-0.1, -0.05) is 0 Å². The van der Waals surface area contributed by atoms with Gasteiger partial charge in [0, 0.05) is 12.4 Å². The van der Waals surface area contributed by atoms with Crippen molar-refractivity contribution in [1.29, 1.82) is 0 Å². The van der Waals surface area contributed by atoms with Crippen LogP contribution in [-0.2, 0) is 0 Å². The Morgan fingerprint density at radius 3 is 0.867 bits per heavy atom. The molecule has 18 heteroatoms. The van der Waals surface area contributed by atoms with E-state index in [0.717, 1.165) is 0 Å². The van der Waals surface area contributed by atoms with E-state index >= 15 is 0 Å². The van der Waals surface area contributed by atoms with E-state index in [9.17, 15) is 9.59 Å². The van der Waals surface area contributed by atoms with Gasteiger partial charge >= 0.3 is 11.9 Å². The molecule has 0 aliphatic carbocycles. The second-order valence-electron chi connectivity index (χ2n) is 3.47. The number of hydrogen-bond acceptors (Lipinski definition) is 4. The van der Waals surface area contributed by atoms with Crippen LogP contribution in [-0.4, -0.2) is 97.8 Å². The summed E-state index contributed by atoms with van der Waals surface area (Å²) in [4.78, 5) is 29.2. The molecule has 0 aliphatic heterocycles. The van der Waals surface area contributed by atoms with Crippen LogP contribution in [0.4, 0.5) is 0 Å². The summed E-state index contributed by atoms with van der Waals surface area (Å²) in [5, 5.41) is 17.4. The number of nitrogens with zero attached hydrogens (tertiary/aromatic N) is 2. The minimum absolute atomic E-state index is 0. The van der Waals surface area contributed by atoms with Crippen molar-refractivity contribution in [2.24, 2.45) is 0 Å². The molecular formula is C12H32N2O16. The zero-order chi connectivity index (χ0) is 13.1. The first-order valence-corrected chi connectivity index (χ1v) is 4.97. The molecule has 186 valence electrons. The van der Waals surface area contributed by atoms with E-state index in [1.807, 2.05) is 0 Å². The monoisotopic (exact) mass is 460 g/mol. The lowest BCUT2D eigenvalue weighted by Gasteiger charge is -2.01. The van der Waals surface area contributed by atoms with Crippen molar-refractivity contribution in [2.75, 3.05) is 0 Å². The van der Waals surface area contributed by atoms with Crippen molar-refractivity contribution >= 4 is 11.9 Å². The van der Waals surface area contributed by atoms with Crippen LogP contribution in [0, 0.1) is 0 Å². The first-order valence-electron chi connectivity index (χ1n) is 4.97. The van der Waals surface area contributed by atoms with Crippen LogP contribution in [0.3, 0.4) is 0 Å². The van der Waals surface area contributed by atoms with Gasteiger partial charge in [0.05, 0.1) is 22.5 Å². The fraction of sp³-hybridized carbons (Fsp3) is 0. The van der Waals surface area contributed by atoms with Gasteiger partial charge in [0.15, 0.2) is 0 Å². The summed E-state index contributed by atoms with van der Waals surface area (Å²) in [6.45, 7) is 0. The van der Waals surface area contributed by atoms with Crippen LogP contribution in [0.5, 0.6) is 0 Å². The molecule has 0 bridgehead atoms. The average Bonchev–Trinajstić information content (AvgIpc) is 2.39. The lowest BCUT2D eigenvalue weighted by Crippen LogP contribution is -1.99. The SMILES string of the molecule is O.O.O.O.O.O.O.O.O.O.O.O.O=C(O)c1ccc(-c2ccc(C(=O)O)cn2)nc1. The fourth-order valence-electron chi connectivity index (χ4n) is 1.34. The summed E-state index contributed by atoms with van der Waals surface area (Å²) < 4.78 is 0. The van der Waals surface area contributed by atoms with Crippen molar-refractivity contribution in [2.45, 2.75) is 0 Å².